The molecule has 108 valence electrons. The standard InChI is InChI=1S/C13H22N2O4/c1-3-4-11(12(16)17)14-13(18)15-7-5-10(6-8-15)9-19-2/h5,11H,3-4,6-9H2,1-2H3,(H,14,18)(H,16,17)/t11-/m1/s1. The molecule has 0 fully saturated rings. The number of carbonyl (C=O) groups is 2. The van der Waals surface area contributed by atoms with Gasteiger partial charge in [0.1, 0.15) is 6.04 Å². The average Bonchev–Trinajstić information content (AvgIpc) is 2.39. The second-order valence-corrected chi connectivity index (χ2v) is 4.62. The molecule has 1 rings (SSSR count). The van der Waals surface area contributed by atoms with E-state index in [1.165, 1.54) is 5.57 Å². The van der Waals surface area contributed by atoms with E-state index in [4.69, 9.17) is 9.84 Å². The highest BCUT2D eigenvalue weighted by atomic mass is 16.5. The van der Waals surface area contributed by atoms with Crippen LogP contribution in [-0.4, -0.2) is 54.9 Å². The van der Waals surface area contributed by atoms with Crippen LogP contribution in [0.2, 0.25) is 0 Å². The molecule has 1 aliphatic rings. The molecule has 0 aromatic heterocycles. The topological polar surface area (TPSA) is 78.9 Å². The maximum absolute atomic E-state index is 11.9. The highest BCUT2D eigenvalue weighted by molar-refractivity contribution is 5.82. The zero-order valence-corrected chi connectivity index (χ0v) is 11.5. The number of aliphatic carboxylic acids is 1. The molecule has 0 spiro atoms. The third-order valence-corrected chi connectivity index (χ3v) is 3.09. The van der Waals surface area contributed by atoms with Gasteiger partial charge in [-0.05, 0) is 18.4 Å². The van der Waals surface area contributed by atoms with Crippen molar-refractivity contribution in [3.63, 3.8) is 0 Å². The van der Waals surface area contributed by atoms with Crippen LogP contribution in [0.4, 0.5) is 4.79 Å². The fraction of sp³-hybridized carbons (Fsp3) is 0.692. The summed E-state index contributed by atoms with van der Waals surface area (Å²) in [5.74, 6) is -0.983. The second-order valence-electron chi connectivity index (χ2n) is 4.62. The molecule has 1 heterocycles. The van der Waals surface area contributed by atoms with Gasteiger partial charge in [-0.15, -0.1) is 0 Å². The Balaban J connectivity index is 2.48. The Kier molecular flexibility index (Phi) is 6.35. The largest absolute Gasteiger partial charge is 0.480 e. The predicted octanol–water partition coefficient (Wildman–Crippen LogP) is 1.23. The van der Waals surface area contributed by atoms with Crippen molar-refractivity contribution in [2.75, 3.05) is 26.8 Å². The molecule has 0 radical (unpaired) electrons. The molecular formula is C13H22N2O4. The average molecular weight is 270 g/mol. The van der Waals surface area contributed by atoms with Gasteiger partial charge in [0, 0.05) is 20.2 Å². The number of carbonyl (C=O) groups excluding carboxylic acids is 1. The molecule has 1 atom stereocenters. The SMILES string of the molecule is CCC[C@@H](NC(=O)N1CC=C(COC)CC1)C(=O)O. The van der Waals surface area contributed by atoms with Crippen LogP contribution in [-0.2, 0) is 9.53 Å². The number of ether oxygens (including phenoxy) is 1. The van der Waals surface area contributed by atoms with E-state index in [9.17, 15) is 9.59 Å². The fourth-order valence-corrected chi connectivity index (χ4v) is 2.00. The van der Waals surface area contributed by atoms with Gasteiger partial charge < -0.3 is 20.1 Å². The van der Waals surface area contributed by atoms with Crippen molar-refractivity contribution < 1.29 is 19.4 Å². The van der Waals surface area contributed by atoms with Gasteiger partial charge in [0.15, 0.2) is 0 Å². The maximum atomic E-state index is 11.9. The van der Waals surface area contributed by atoms with Crippen LogP contribution in [0, 0.1) is 0 Å². The van der Waals surface area contributed by atoms with Crippen molar-refractivity contribution in [2.24, 2.45) is 0 Å². The van der Waals surface area contributed by atoms with Crippen LogP contribution < -0.4 is 5.32 Å². The summed E-state index contributed by atoms with van der Waals surface area (Å²) >= 11 is 0. The van der Waals surface area contributed by atoms with Crippen molar-refractivity contribution in [1.82, 2.24) is 10.2 Å². The van der Waals surface area contributed by atoms with Gasteiger partial charge in [-0.1, -0.05) is 19.4 Å². The number of hydrogen-bond donors (Lipinski definition) is 2. The van der Waals surface area contributed by atoms with E-state index in [1.807, 2.05) is 13.0 Å². The van der Waals surface area contributed by atoms with Crippen LogP contribution in [0.5, 0.6) is 0 Å². The number of carboxylic acids is 1. The maximum Gasteiger partial charge on any atom is 0.326 e. The third kappa shape index (κ3) is 4.90. The Bertz CT molecular complexity index is 355. The third-order valence-electron chi connectivity index (χ3n) is 3.09. The molecule has 0 saturated heterocycles. The summed E-state index contributed by atoms with van der Waals surface area (Å²) in [6.07, 6.45) is 3.89. The summed E-state index contributed by atoms with van der Waals surface area (Å²) in [6, 6.07) is -1.12. The Morgan fingerprint density at radius 2 is 2.32 bits per heavy atom. The number of rotatable bonds is 6. The molecular weight excluding hydrogens is 248 g/mol. The Labute approximate surface area is 113 Å². The minimum Gasteiger partial charge on any atom is -0.480 e. The van der Waals surface area contributed by atoms with Gasteiger partial charge in [-0.3, -0.25) is 0 Å². The van der Waals surface area contributed by atoms with E-state index in [-0.39, 0.29) is 6.03 Å². The summed E-state index contributed by atoms with van der Waals surface area (Å²) in [6.45, 7) is 3.58. The number of methoxy groups -OCH3 is 1. The molecule has 0 aliphatic carbocycles. The molecule has 0 unspecified atom stereocenters. The van der Waals surface area contributed by atoms with Crippen molar-refractivity contribution in [2.45, 2.75) is 32.2 Å². The fourth-order valence-electron chi connectivity index (χ4n) is 2.00. The number of nitrogens with one attached hydrogen (secondary N) is 1. The zero-order chi connectivity index (χ0) is 14.3. The van der Waals surface area contributed by atoms with E-state index >= 15 is 0 Å². The highest BCUT2D eigenvalue weighted by Crippen LogP contribution is 2.11. The van der Waals surface area contributed by atoms with Crippen molar-refractivity contribution in [3.05, 3.63) is 11.6 Å². The van der Waals surface area contributed by atoms with Crippen LogP contribution in [0.1, 0.15) is 26.2 Å². The highest BCUT2D eigenvalue weighted by Gasteiger charge is 2.23. The van der Waals surface area contributed by atoms with Gasteiger partial charge in [-0.2, -0.15) is 0 Å². The van der Waals surface area contributed by atoms with E-state index in [1.54, 1.807) is 12.0 Å². The lowest BCUT2D eigenvalue weighted by Crippen LogP contribution is -2.49. The van der Waals surface area contributed by atoms with Crippen molar-refractivity contribution in [1.29, 1.82) is 0 Å². The lowest BCUT2D eigenvalue weighted by Gasteiger charge is -2.28. The molecule has 19 heavy (non-hydrogen) atoms. The zero-order valence-electron chi connectivity index (χ0n) is 11.5. The van der Waals surface area contributed by atoms with Gasteiger partial charge in [-0.25, -0.2) is 9.59 Å². The first-order valence-electron chi connectivity index (χ1n) is 6.53. The number of amides is 2. The van der Waals surface area contributed by atoms with Gasteiger partial charge in [0.2, 0.25) is 0 Å². The van der Waals surface area contributed by atoms with Gasteiger partial charge in [0.25, 0.3) is 0 Å². The van der Waals surface area contributed by atoms with Crippen molar-refractivity contribution in [3.8, 4) is 0 Å². The van der Waals surface area contributed by atoms with Crippen LogP contribution >= 0.6 is 0 Å². The van der Waals surface area contributed by atoms with E-state index < -0.39 is 12.0 Å². The lowest BCUT2D eigenvalue weighted by molar-refractivity contribution is -0.139. The summed E-state index contributed by atoms with van der Waals surface area (Å²) in [5, 5.41) is 11.6. The monoisotopic (exact) mass is 270 g/mol. The van der Waals surface area contributed by atoms with Crippen LogP contribution in [0.15, 0.2) is 11.6 Å². The van der Waals surface area contributed by atoms with E-state index in [2.05, 4.69) is 5.32 Å². The smallest absolute Gasteiger partial charge is 0.326 e. The summed E-state index contributed by atoms with van der Waals surface area (Å²) in [7, 11) is 1.64. The molecule has 0 aromatic rings. The number of hydrogen-bond acceptors (Lipinski definition) is 3. The molecule has 2 N–H and O–H groups in total. The van der Waals surface area contributed by atoms with Gasteiger partial charge in [0.05, 0.1) is 6.61 Å². The first-order valence-corrected chi connectivity index (χ1v) is 6.53. The number of nitrogens with zero attached hydrogens (tertiary/aromatic N) is 1. The Hall–Kier alpha value is -1.56. The number of urea groups is 1. The molecule has 0 saturated carbocycles. The molecule has 6 nitrogen and oxygen atoms in total. The molecule has 2 amide bonds. The van der Waals surface area contributed by atoms with Crippen LogP contribution in [0.25, 0.3) is 0 Å². The Morgan fingerprint density at radius 3 is 2.79 bits per heavy atom. The van der Waals surface area contributed by atoms with E-state index in [0.717, 1.165) is 12.8 Å². The number of carboxylic acid groups (broad SMARTS) is 1. The molecule has 1 aliphatic heterocycles. The van der Waals surface area contributed by atoms with Crippen molar-refractivity contribution >= 4 is 12.0 Å². The molecule has 0 bridgehead atoms. The molecule has 0 aromatic carbocycles. The van der Waals surface area contributed by atoms with Gasteiger partial charge >= 0.3 is 12.0 Å². The van der Waals surface area contributed by atoms with Crippen LogP contribution in [0.3, 0.4) is 0 Å². The quantitative estimate of drug-likeness (QED) is 0.711. The first kappa shape index (κ1) is 15.5. The summed E-state index contributed by atoms with van der Waals surface area (Å²) < 4.78 is 5.04. The lowest BCUT2D eigenvalue weighted by atomic mass is 10.1. The predicted molar refractivity (Wildman–Crippen MR) is 71.0 cm³/mol. The Morgan fingerprint density at radius 1 is 1.58 bits per heavy atom. The molecule has 6 heteroatoms. The summed E-state index contributed by atoms with van der Waals surface area (Å²) in [4.78, 5) is 24.5. The minimum absolute atomic E-state index is 0.312. The second kappa shape index (κ2) is 7.78. The first-order chi connectivity index (χ1) is 9.08. The normalized spacial score (nSPS) is 16.7. The van der Waals surface area contributed by atoms with E-state index in [0.29, 0.717) is 26.1 Å². The minimum atomic E-state index is -0.983. The summed E-state index contributed by atoms with van der Waals surface area (Å²) in [5.41, 5.74) is 1.18.